The van der Waals surface area contributed by atoms with Crippen molar-refractivity contribution < 1.29 is 29.3 Å². The SMILES string of the molecule is C/C(=C\c1csc(C)n1)[C@@H]1CC(=O)/C=C/CC[C@H](C)[C@H](O)[C@@H](C)C(=O)C(C)(C)[C@@H](O)CC(=O)O1. The summed E-state index contributed by atoms with van der Waals surface area (Å²) in [6.07, 6.45) is 2.72. The summed E-state index contributed by atoms with van der Waals surface area (Å²) in [5.41, 5.74) is 0.126. The first-order chi connectivity index (χ1) is 15.8. The lowest BCUT2D eigenvalue weighted by atomic mass is 9.73. The van der Waals surface area contributed by atoms with E-state index in [1.54, 1.807) is 39.8 Å². The van der Waals surface area contributed by atoms with Crippen molar-refractivity contribution in [1.82, 2.24) is 4.98 Å². The fraction of sp³-hybridized carbons (Fsp3) is 0.615. The number of hydrogen-bond acceptors (Lipinski definition) is 8. The van der Waals surface area contributed by atoms with Gasteiger partial charge in [0.25, 0.3) is 0 Å². The van der Waals surface area contributed by atoms with Crippen molar-refractivity contribution in [3.63, 3.8) is 0 Å². The van der Waals surface area contributed by atoms with Gasteiger partial charge < -0.3 is 14.9 Å². The second-order valence-corrected chi connectivity index (χ2v) is 10.9. The van der Waals surface area contributed by atoms with Crippen LogP contribution in [0.3, 0.4) is 0 Å². The number of hydrogen-bond donors (Lipinski definition) is 2. The molecule has 0 saturated carbocycles. The van der Waals surface area contributed by atoms with Gasteiger partial charge in [-0.15, -0.1) is 11.3 Å². The molecule has 8 heteroatoms. The first kappa shape index (κ1) is 28.1. The molecule has 0 spiro atoms. The number of nitrogens with zero attached hydrogens (tertiary/aromatic N) is 1. The number of carbonyl (C=O) groups is 3. The number of rotatable bonds is 2. The zero-order valence-corrected chi connectivity index (χ0v) is 21.7. The summed E-state index contributed by atoms with van der Waals surface area (Å²) in [5, 5.41) is 24.2. The molecule has 0 bridgehead atoms. The average Bonchev–Trinajstić information content (AvgIpc) is 3.17. The molecule has 2 N–H and O–H groups in total. The third-order valence-electron chi connectivity index (χ3n) is 6.61. The maximum Gasteiger partial charge on any atom is 0.309 e. The molecule has 0 radical (unpaired) electrons. The zero-order chi connectivity index (χ0) is 25.6. The fourth-order valence-corrected chi connectivity index (χ4v) is 4.65. The van der Waals surface area contributed by atoms with E-state index >= 15 is 0 Å². The van der Waals surface area contributed by atoms with Crippen LogP contribution in [-0.2, 0) is 19.1 Å². The van der Waals surface area contributed by atoms with E-state index in [4.69, 9.17) is 4.74 Å². The molecule has 0 unspecified atom stereocenters. The van der Waals surface area contributed by atoms with Crippen molar-refractivity contribution in [3.05, 3.63) is 33.8 Å². The Hall–Kier alpha value is -2.16. The summed E-state index contributed by atoms with van der Waals surface area (Å²) in [6.45, 7) is 10.3. The van der Waals surface area contributed by atoms with Crippen molar-refractivity contribution in [2.45, 2.75) is 85.5 Å². The van der Waals surface area contributed by atoms with Crippen molar-refractivity contribution in [2.24, 2.45) is 17.3 Å². The molecule has 5 atom stereocenters. The molecule has 0 fully saturated rings. The Morgan fingerprint density at radius 2 is 1.88 bits per heavy atom. The number of ether oxygens (including phenoxy) is 1. The molecule has 1 aromatic heterocycles. The van der Waals surface area contributed by atoms with Gasteiger partial charge in [0.05, 0.1) is 41.2 Å². The number of ketones is 2. The number of aryl methyl sites for hydroxylation is 1. The topological polar surface area (TPSA) is 114 Å². The monoisotopic (exact) mass is 491 g/mol. The highest BCUT2D eigenvalue weighted by Gasteiger charge is 2.42. The lowest BCUT2D eigenvalue weighted by Crippen LogP contribution is -2.45. The van der Waals surface area contributed by atoms with Crippen LogP contribution in [0.5, 0.6) is 0 Å². The van der Waals surface area contributed by atoms with Crippen LogP contribution >= 0.6 is 11.3 Å². The van der Waals surface area contributed by atoms with E-state index in [1.165, 1.54) is 17.4 Å². The molecule has 188 valence electrons. The first-order valence-electron chi connectivity index (χ1n) is 11.7. The van der Waals surface area contributed by atoms with Gasteiger partial charge in [0.1, 0.15) is 11.9 Å². The second-order valence-electron chi connectivity index (χ2n) is 9.87. The Bertz CT molecular complexity index is 947. The van der Waals surface area contributed by atoms with Crippen LogP contribution in [0.25, 0.3) is 6.08 Å². The first-order valence-corrected chi connectivity index (χ1v) is 12.6. The maximum absolute atomic E-state index is 13.1. The summed E-state index contributed by atoms with van der Waals surface area (Å²) in [5.74, 6) is -2.09. The summed E-state index contributed by atoms with van der Waals surface area (Å²) >= 11 is 1.50. The quantitative estimate of drug-likeness (QED) is 0.600. The lowest BCUT2D eigenvalue weighted by molar-refractivity contribution is -0.154. The largest absolute Gasteiger partial charge is 0.457 e. The van der Waals surface area contributed by atoms with Gasteiger partial charge in [-0.1, -0.05) is 33.8 Å². The molecule has 2 heterocycles. The van der Waals surface area contributed by atoms with Crippen LogP contribution in [0.4, 0.5) is 0 Å². The average molecular weight is 492 g/mol. The van der Waals surface area contributed by atoms with Crippen LogP contribution in [-0.4, -0.2) is 51.0 Å². The molecule has 2 rings (SSSR count). The number of carbonyl (C=O) groups excluding carboxylic acids is 3. The van der Waals surface area contributed by atoms with E-state index in [9.17, 15) is 24.6 Å². The van der Waals surface area contributed by atoms with Gasteiger partial charge in [0.15, 0.2) is 5.78 Å². The minimum atomic E-state index is -1.30. The van der Waals surface area contributed by atoms with E-state index in [2.05, 4.69) is 4.98 Å². The Balaban J connectivity index is 2.34. The lowest BCUT2D eigenvalue weighted by Gasteiger charge is -2.34. The molecular formula is C26H37NO6S. The van der Waals surface area contributed by atoms with Crippen LogP contribution < -0.4 is 0 Å². The standard InChI is InChI=1S/C26H37NO6S/c1-15-9-7-8-10-20(28)12-21(16(2)11-19-14-34-18(4)27-19)33-23(30)13-22(29)26(5,6)25(32)17(3)24(15)31/h8,10-11,14-15,17,21-22,24,29,31H,7,9,12-13H2,1-6H3/b10-8+,16-11+/t15-,17+,21-,22-,24-/m0/s1. The summed E-state index contributed by atoms with van der Waals surface area (Å²) in [7, 11) is 0. The molecule has 7 nitrogen and oxygen atoms in total. The van der Waals surface area contributed by atoms with Gasteiger partial charge >= 0.3 is 5.97 Å². The van der Waals surface area contributed by atoms with Gasteiger partial charge in [-0.25, -0.2) is 4.98 Å². The van der Waals surface area contributed by atoms with Gasteiger partial charge in [0, 0.05) is 11.3 Å². The highest BCUT2D eigenvalue weighted by atomic mass is 32.1. The predicted molar refractivity (Wildman–Crippen MR) is 132 cm³/mol. The second kappa shape index (κ2) is 12.0. The minimum absolute atomic E-state index is 0.0404. The molecule has 1 aliphatic heterocycles. The molecular weight excluding hydrogens is 454 g/mol. The number of cyclic esters (lactones) is 1. The smallest absolute Gasteiger partial charge is 0.309 e. The third-order valence-corrected chi connectivity index (χ3v) is 7.40. The van der Waals surface area contributed by atoms with Gasteiger partial charge in [-0.3, -0.25) is 14.4 Å². The minimum Gasteiger partial charge on any atom is -0.457 e. The van der Waals surface area contributed by atoms with Gasteiger partial charge in [-0.2, -0.15) is 0 Å². The Kier molecular flexibility index (Phi) is 9.91. The van der Waals surface area contributed by atoms with Gasteiger partial charge in [-0.05, 0) is 50.3 Å². The highest BCUT2D eigenvalue weighted by molar-refractivity contribution is 7.09. The molecule has 0 aliphatic carbocycles. The number of Topliss-reactive ketones (excluding diaryl/α,β-unsaturated/α-hetero) is 1. The van der Waals surface area contributed by atoms with E-state index < -0.39 is 42.0 Å². The molecule has 0 aromatic carbocycles. The number of allylic oxidation sites excluding steroid dienone is 2. The zero-order valence-electron chi connectivity index (χ0n) is 20.9. The van der Waals surface area contributed by atoms with Crippen LogP contribution in [0, 0.1) is 24.2 Å². The third kappa shape index (κ3) is 7.42. The number of thiazole rings is 1. The summed E-state index contributed by atoms with van der Waals surface area (Å²) in [6, 6.07) is 0. The van der Waals surface area contributed by atoms with Crippen LogP contribution in [0.1, 0.15) is 71.0 Å². The molecule has 0 saturated heterocycles. The summed E-state index contributed by atoms with van der Waals surface area (Å²) < 4.78 is 5.62. The molecule has 34 heavy (non-hydrogen) atoms. The Morgan fingerprint density at radius 1 is 1.21 bits per heavy atom. The van der Waals surface area contributed by atoms with E-state index in [1.807, 2.05) is 19.2 Å². The Morgan fingerprint density at radius 3 is 2.50 bits per heavy atom. The van der Waals surface area contributed by atoms with Crippen molar-refractivity contribution in [2.75, 3.05) is 0 Å². The molecule has 1 aliphatic rings. The van der Waals surface area contributed by atoms with E-state index in [0.29, 0.717) is 18.4 Å². The van der Waals surface area contributed by atoms with E-state index in [-0.39, 0.29) is 23.9 Å². The number of esters is 1. The number of aliphatic hydroxyl groups is 2. The molecule has 1 aromatic rings. The normalized spacial score (nSPS) is 31.2. The van der Waals surface area contributed by atoms with Crippen molar-refractivity contribution >= 4 is 34.9 Å². The number of aromatic nitrogens is 1. The van der Waals surface area contributed by atoms with Crippen LogP contribution in [0.15, 0.2) is 23.1 Å². The van der Waals surface area contributed by atoms with Crippen LogP contribution in [0.2, 0.25) is 0 Å². The Labute approximate surface area is 205 Å². The van der Waals surface area contributed by atoms with Crippen molar-refractivity contribution in [1.29, 1.82) is 0 Å². The summed E-state index contributed by atoms with van der Waals surface area (Å²) in [4.78, 5) is 42.8. The fourth-order valence-electron chi connectivity index (χ4n) is 4.08. The van der Waals surface area contributed by atoms with Gasteiger partial charge in [0.2, 0.25) is 0 Å². The predicted octanol–water partition coefficient (Wildman–Crippen LogP) is 4.06. The number of aliphatic hydroxyl groups excluding tert-OH is 2. The van der Waals surface area contributed by atoms with Crippen molar-refractivity contribution in [3.8, 4) is 0 Å². The highest BCUT2D eigenvalue weighted by Crippen LogP contribution is 2.32. The van der Waals surface area contributed by atoms with E-state index in [0.717, 1.165) is 10.7 Å². The maximum atomic E-state index is 13.1. The molecule has 0 amide bonds.